The molecule has 5 heteroatoms. The first-order valence-corrected chi connectivity index (χ1v) is 20.5. The van der Waals surface area contributed by atoms with Crippen molar-refractivity contribution in [2.45, 2.75) is 175 Å². The summed E-state index contributed by atoms with van der Waals surface area (Å²) in [5, 5.41) is 0.739. The van der Waals surface area contributed by atoms with E-state index in [9.17, 15) is 0 Å². The molecule has 0 aromatic heterocycles. The van der Waals surface area contributed by atoms with Gasteiger partial charge in [-0.3, -0.25) is 0 Å². The largest absolute Gasteiger partial charge is 0.119 e. The molecule has 0 spiro atoms. The molecular formula is C34H64Cl2S3. The second-order valence-electron chi connectivity index (χ2n) is 11.1. The minimum Gasteiger partial charge on any atom is -0.119 e. The Morgan fingerprint density at radius 3 is 1.03 bits per heavy atom. The van der Waals surface area contributed by atoms with E-state index in [1.807, 2.05) is 23.5 Å². The molecule has 0 aliphatic heterocycles. The fraction of sp³-hybridized carbons (Fsp3) is 0.882. The molecule has 0 saturated carbocycles. The molecule has 0 amide bonds. The van der Waals surface area contributed by atoms with Crippen molar-refractivity contribution in [3.63, 3.8) is 0 Å². The maximum absolute atomic E-state index is 6.71. The highest BCUT2D eigenvalue weighted by Gasteiger charge is 2.06. The molecule has 0 saturated heterocycles. The fourth-order valence-electron chi connectivity index (χ4n) is 4.57. The molecule has 0 rings (SSSR count). The molecule has 0 unspecified atom stereocenters. The number of unbranched alkanes of at least 4 members (excludes halogenated alkanes) is 21. The van der Waals surface area contributed by atoms with Gasteiger partial charge in [-0.25, -0.2) is 0 Å². The van der Waals surface area contributed by atoms with Gasteiger partial charge >= 0.3 is 0 Å². The topological polar surface area (TPSA) is 0 Å². The maximum atomic E-state index is 6.71. The number of allylic oxidation sites excluding steroid dienone is 2. The minimum absolute atomic E-state index is 0.739. The van der Waals surface area contributed by atoms with E-state index in [0.29, 0.717) is 0 Å². The Hall–Kier alpha value is 1.11. The van der Waals surface area contributed by atoms with E-state index in [0.717, 1.165) is 15.1 Å². The highest BCUT2D eigenvalue weighted by molar-refractivity contribution is 8.22. The Kier molecular flexibility index (Phi) is 34.6. The van der Waals surface area contributed by atoms with Gasteiger partial charge in [0.1, 0.15) is 0 Å². The Bertz CT molecular complexity index is 539. The maximum Gasteiger partial charge on any atom is 0.0922 e. The van der Waals surface area contributed by atoms with E-state index in [1.165, 1.54) is 170 Å². The van der Waals surface area contributed by atoms with E-state index in [-0.39, 0.29) is 0 Å². The number of thioether (sulfide) groups is 3. The molecule has 0 heterocycles. The first-order chi connectivity index (χ1) is 19.2. The van der Waals surface area contributed by atoms with Crippen molar-refractivity contribution in [3.05, 3.63) is 19.7 Å². The van der Waals surface area contributed by atoms with E-state index < -0.39 is 0 Å². The molecule has 0 nitrogen and oxygen atoms in total. The fourth-order valence-corrected chi connectivity index (χ4v) is 8.32. The number of halogens is 2. The van der Waals surface area contributed by atoms with E-state index >= 15 is 0 Å². The van der Waals surface area contributed by atoms with Crippen LogP contribution in [0.1, 0.15) is 175 Å². The number of hydrogen-bond acceptors (Lipinski definition) is 3. The van der Waals surface area contributed by atoms with E-state index in [2.05, 4.69) is 26.8 Å². The third kappa shape index (κ3) is 30.4. The Morgan fingerprint density at radius 1 is 0.410 bits per heavy atom. The highest BCUT2D eigenvalue weighted by Crippen LogP contribution is 2.36. The van der Waals surface area contributed by atoms with Crippen molar-refractivity contribution in [1.29, 1.82) is 0 Å². The van der Waals surface area contributed by atoms with Gasteiger partial charge in [-0.1, -0.05) is 179 Å². The zero-order valence-electron chi connectivity index (χ0n) is 26.1. The summed E-state index contributed by atoms with van der Waals surface area (Å²) in [5.41, 5.74) is 0. The lowest BCUT2D eigenvalue weighted by atomic mass is 10.1. The van der Waals surface area contributed by atoms with Crippen molar-refractivity contribution in [2.75, 3.05) is 17.3 Å². The van der Waals surface area contributed by atoms with Crippen LogP contribution < -0.4 is 0 Å². The van der Waals surface area contributed by atoms with Crippen molar-refractivity contribution in [3.8, 4) is 0 Å². The molecule has 0 aromatic rings. The summed E-state index contributed by atoms with van der Waals surface area (Å²) in [6.45, 7) is 6.86. The summed E-state index contributed by atoms with van der Waals surface area (Å²) >= 11 is 19.1. The van der Waals surface area contributed by atoms with Crippen molar-refractivity contribution >= 4 is 58.5 Å². The third-order valence-corrected chi connectivity index (χ3v) is 11.6. The van der Waals surface area contributed by atoms with Gasteiger partial charge in [0.2, 0.25) is 0 Å². The van der Waals surface area contributed by atoms with Crippen LogP contribution in [0, 0.1) is 0 Å². The SMILES string of the molecule is CCCCCCCCCCSC(=C/C(Cl)=C(\Cl)SCCCCCCCCCC)SCCCCCCCCCC. The summed E-state index contributed by atoms with van der Waals surface area (Å²) in [5.74, 6) is 3.46. The molecule has 232 valence electrons. The van der Waals surface area contributed by atoms with Gasteiger partial charge in [-0.15, -0.1) is 35.3 Å². The van der Waals surface area contributed by atoms with Crippen LogP contribution in [0.4, 0.5) is 0 Å². The molecule has 0 aromatic carbocycles. The first kappa shape index (κ1) is 40.1. The molecule has 0 atom stereocenters. The van der Waals surface area contributed by atoms with Gasteiger partial charge in [0.25, 0.3) is 0 Å². The molecule has 0 fully saturated rings. The Balaban J connectivity index is 4.41. The zero-order valence-corrected chi connectivity index (χ0v) is 30.1. The van der Waals surface area contributed by atoms with Gasteiger partial charge in [0.05, 0.1) is 9.40 Å². The average molecular weight is 640 g/mol. The summed E-state index contributed by atoms with van der Waals surface area (Å²) in [6, 6.07) is 0. The van der Waals surface area contributed by atoms with Crippen LogP contribution in [0.2, 0.25) is 0 Å². The predicted octanol–water partition coefficient (Wildman–Crippen LogP) is 15.1. The monoisotopic (exact) mass is 638 g/mol. The smallest absolute Gasteiger partial charge is 0.0922 e. The average Bonchev–Trinajstić information content (AvgIpc) is 2.94. The standard InChI is InChI=1S/C34H64Cl2S3/c1-4-7-10-13-16-19-22-25-28-37-33(38-29-26-23-20-17-14-11-8-5-2)31-32(35)34(36)39-30-27-24-21-18-15-12-9-6-3/h31H,4-30H2,1-3H3/b34-32-. The Labute approximate surface area is 268 Å². The van der Waals surface area contributed by atoms with Gasteiger partial charge in [0, 0.05) is 4.24 Å². The summed E-state index contributed by atoms with van der Waals surface area (Å²) in [4.78, 5) is 0. The number of rotatable bonds is 31. The van der Waals surface area contributed by atoms with Gasteiger partial charge in [0.15, 0.2) is 0 Å². The predicted molar refractivity (Wildman–Crippen MR) is 192 cm³/mol. The van der Waals surface area contributed by atoms with E-state index in [1.54, 1.807) is 11.8 Å². The summed E-state index contributed by atoms with van der Waals surface area (Å²) in [6.07, 6.45) is 35.0. The molecule has 0 radical (unpaired) electrons. The third-order valence-electron chi connectivity index (χ3n) is 7.14. The van der Waals surface area contributed by atoms with Crippen molar-refractivity contribution in [2.24, 2.45) is 0 Å². The Morgan fingerprint density at radius 2 is 0.692 bits per heavy atom. The summed E-state index contributed by atoms with van der Waals surface area (Å²) < 4.78 is 2.13. The molecule has 0 aliphatic carbocycles. The quantitative estimate of drug-likeness (QED) is 0.0547. The molecule has 0 N–H and O–H groups in total. The van der Waals surface area contributed by atoms with Crippen molar-refractivity contribution in [1.82, 2.24) is 0 Å². The minimum atomic E-state index is 0.739. The van der Waals surface area contributed by atoms with Crippen LogP contribution in [0.25, 0.3) is 0 Å². The van der Waals surface area contributed by atoms with Crippen LogP contribution >= 0.6 is 58.5 Å². The van der Waals surface area contributed by atoms with Gasteiger partial charge < -0.3 is 0 Å². The lowest BCUT2D eigenvalue weighted by molar-refractivity contribution is 0.586. The van der Waals surface area contributed by atoms with Crippen LogP contribution in [0.15, 0.2) is 19.7 Å². The molecule has 0 aliphatic rings. The van der Waals surface area contributed by atoms with Crippen LogP contribution in [-0.4, -0.2) is 17.3 Å². The van der Waals surface area contributed by atoms with Gasteiger partial charge in [-0.2, -0.15) is 0 Å². The van der Waals surface area contributed by atoms with E-state index in [4.69, 9.17) is 23.2 Å². The second kappa shape index (κ2) is 33.6. The highest BCUT2D eigenvalue weighted by atomic mass is 35.5. The number of hydrogen-bond donors (Lipinski definition) is 0. The van der Waals surface area contributed by atoms with Crippen molar-refractivity contribution < 1.29 is 0 Å². The second-order valence-corrected chi connectivity index (χ2v) is 15.7. The zero-order chi connectivity index (χ0) is 28.7. The molecular weight excluding hydrogens is 575 g/mol. The lowest BCUT2D eigenvalue weighted by Gasteiger charge is -2.09. The normalized spacial score (nSPS) is 12.1. The van der Waals surface area contributed by atoms with Crippen LogP contribution in [0.3, 0.4) is 0 Å². The van der Waals surface area contributed by atoms with Gasteiger partial charge in [-0.05, 0) is 42.6 Å². The molecule has 0 bridgehead atoms. The van der Waals surface area contributed by atoms with Crippen LogP contribution in [-0.2, 0) is 0 Å². The first-order valence-electron chi connectivity index (χ1n) is 16.8. The molecule has 39 heavy (non-hydrogen) atoms. The van der Waals surface area contributed by atoms with Crippen LogP contribution in [0.5, 0.6) is 0 Å². The summed E-state index contributed by atoms with van der Waals surface area (Å²) in [7, 11) is 0. The lowest BCUT2D eigenvalue weighted by Crippen LogP contribution is -1.87.